The zero-order valence-corrected chi connectivity index (χ0v) is 15.0. The van der Waals surface area contributed by atoms with Crippen LogP contribution in [0.4, 0.5) is 0 Å². The lowest BCUT2D eigenvalue weighted by Gasteiger charge is -2.48. The monoisotopic (exact) mass is 338 g/mol. The van der Waals surface area contributed by atoms with Gasteiger partial charge in [0.2, 0.25) is 11.8 Å². The number of nitrogens with zero attached hydrogens (tertiary/aromatic N) is 2. The van der Waals surface area contributed by atoms with E-state index in [-0.39, 0.29) is 30.0 Å². The topological polar surface area (TPSA) is 73.9 Å². The van der Waals surface area contributed by atoms with Crippen LogP contribution >= 0.6 is 0 Å². The summed E-state index contributed by atoms with van der Waals surface area (Å²) in [5.41, 5.74) is 0. The Hall–Kier alpha value is -1.18. The number of nitrogens with one attached hydrogen (secondary N) is 2. The Kier molecular flexibility index (Phi) is 5.42. The molecule has 4 atom stereocenters. The lowest BCUT2D eigenvalue weighted by molar-refractivity contribution is -0.131. The Morgan fingerprint density at radius 2 is 1.88 bits per heavy atom. The summed E-state index contributed by atoms with van der Waals surface area (Å²) in [7, 11) is 4.17. The fourth-order valence-corrected chi connectivity index (χ4v) is 4.33. The number of carbonyl (C=O) groups excluding carboxylic acids is 2. The van der Waals surface area contributed by atoms with Gasteiger partial charge < -0.3 is 20.3 Å². The molecule has 3 rings (SSSR count). The van der Waals surface area contributed by atoms with Crippen LogP contribution in [0.1, 0.15) is 26.2 Å². The van der Waals surface area contributed by atoms with E-state index in [1.807, 2.05) is 7.05 Å². The van der Waals surface area contributed by atoms with Gasteiger partial charge in [0.05, 0.1) is 24.7 Å². The molecule has 0 aromatic rings. The van der Waals surface area contributed by atoms with Crippen molar-refractivity contribution in [2.24, 2.45) is 5.92 Å². The molecule has 2 aliphatic heterocycles. The third-order valence-electron chi connectivity index (χ3n) is 5.79. The number of amides is 2. The third kappa shape index (κ3) is 3.73. The first-order valence-electron chi connectivity index (χ1n) is 9.02. The highest BCUT2D eigenvalue weighted by atomic mass is 16.5. The van der Waals surface area contributed by atoms with Gasteiger partial charge in [-0.3, -0.25) is 14.5 Å². The van der Waals surface area contributed by atoms with Crippen LogP contribution in [0.2, 0.25) is 0 Å². The van der Waals surface area contributed by atoms with Crippen molar-refractivity contribution in [1.29, 1.82) is 0 Å². The van der Waals surface area contributed by atoms with Crippen molar-refractivity contribution in [2.45, 2.75) is 50.4 Å². The Morgan fingerprint density at radius 1 is 1.17 bits per heavy atom. The van der Waals surface area contributed by atoms with Crippen LogP contribution in [-0.2, 0) is 14.3 Å². The van der Waals surface area contributed by atoms with Gasteiger partial charge in [-0.2, -0.15) is 0 Å². The molecular formula is C17H30N4O3. The molecule has 7 heteroatoms. The minimum atomic E-state index is -0.0902. The number of hydrogen-bond donors (Lipinski definition) is 2. The average Bonchev–Trinajstić information content (AvgIpc) is 2.95. The summed E-state index contributed by atoms with van der Waals surface area (Å²) in [6.07, 6.45) is 3.23. The minimum Gasteiger partial charge on any atom is -0.376 e. The molecule has 24 heavy (non-hydrogen) atoms. The van der Waals surface area contributed by atoms with Gasteiger partial charge in [0.15, 0.2) is 0 Å². The predicted molar refractivity (Wildman–Crippen MR) is 90.5 cm³/mol. The van der Waals surface area contributed by atoms with E-state index >= 15 is 0 Å². The Balaban J connectivity index is 1.49. The van der Waals surface area contributed by atoms with Gasteiger partial charge in [-0.1, -0.05) is 0 Å². The fraction of sp³-hybridized carbons (Fsp3) is 0.882. The standard InChI is InChI=1S/C17H30N4O3/c1-11(22)18-16-15(13-6-9-24-17(13)16)19-14(23)10-21(3)12-4-7-20(2)8-5-12/h12-13,15-17H,4-10H2,1-3H3,(H,18,22)(H,19,23)/t13-,15+,16-,17-/m1/s1. The number of ether oxygens (including phenoxy) is 1. The lowest BCUT2D eigenvalue weighted by atomic mass is 9.71. The van der Waals surface area contributed by atoms with Gasteiger partial charge in [-0.05, 0) is 46.4 Å². The molecule has 0 unspecified atom stereocenters. The van der Waals surface area contributed by atoms with Gasteiger partial charge in [0.1, 0.15) is 0 Å². The maximum atomic E-state index is 12.5. The molecule has 2 saturated heterocycles. The highest BCUT2D eigenvalue weighted by Crippen LogP contribution is 2.39. The first kappa shape index (κ1) is 17.6. The molecule has 0 aromatic heterocycles. The molecule has 3 aliphatic rings. The molecule has 2 N–H and O–H groups in total. The summed E-state index contributed by atoms with van der Waals surface area (Å²) >= 11 is 0. The average molecular weight is 338 g/mol. The van der Waals surface area contributed by atoms with Crippen molar-refractivity contribution in [3.05, 3.63) is 0 Å². The van der Waals surface area contributed by atoms with Crippen molar-refractivity contribution in [2.75, 3.05) is 40.3 Å². The molecule has 3 fully saturated rings. The first-order valence-corrected chi connectivity index (χ1v) is 9.02. The van der Waals surface area contributed by atoms with Crippen LogP contribution in [0.15, 0.2) is 0 Å². The van der Waals surface area contributed by atoms with E-state index in [1.165, 1.54) is 6.92 Å². The van der Waals surface area contributed by atoms with E-state index in [1.54, 1.807) is 0 Å². The number of piperidine rings is 1. The van der Waals surface area contributed by atoms with Crippen molar-refractivity contribution >= 4 is 11.8 Å². The Labute approximate surface area is 144 Å². The van der Waals surface area contributed by atoms with E-state index in [0.717, 1.165) is 32.4 Å². The summed E-state index contributed by atoms with van der Waals surface area (Å²) in [5, 5.41) is 6.07. The second kappa shape index (κ2) is 7.37. The van der Waals surface area contributed by atoms with E-state index in [2.05, 4.69) is 27.5 Å². The van der Waals surface area contributed by atoms with Gasteiger partial charge in [-0.15, -0.1) is 0 Å². The van der Waals surface area contributed by atoms with Crippen LogP contribution < -0.4 is 10.6 Å². The lowest BCUT2D eigenvalue weighted by Crippen LogP contribution is -2.71. The molecule has 136 valence electrons. The molecule has 2 heterocycles. The van der Waals surface area contributed by atoms with Gasteiger partial charge in [0, 0.05) is 25.5 Å². The summed E-state index contributed by atoms with van der Waals surface area (Å²) in [6.45, 7) is 4.81. The molecule has 1 aliphatic carbocycles. The van der Waals surface area contributed by atoms with Crippen molar-refractivity contribution in [3.63, 3.8) is 0 Å². The van der Waals surface area contributed by atoms with Gasteiger partial charge >= 0.3 is 0 Å². The SMILES string of the molecule is CC(=O)N[C@@H]1[C@@H](NC(=O)CN(C)C2CCN(C)CC2)[C@H]2CCO[C@H]21. The Morgan fingerprint density at radius 3 is 2.54 bits per heavy atom. The number of carbonyl (C=O) groups is 2. The second-order valence-corrected chi connectivity index (χ2v) is 7.56. The zero-order chi connectivity index (χ0) is 17.3. The minimum absolute atomic E-state index is 0.000195. The largest absolute Gasteiger partial charge is 0.376 e. The maximum Gasteiger partial charge on any atom is 0.234 e. The van der Waals surface area contributed by atoms with E-state index in [9.17, 15) is 9.59 Å². The Bertz CT molecular complexity index is 478. The molecule has 7 nitrogen and oxygen atoms in total. The molecule has 0 radical (unpaired) electrons. The third-order valence-corrected chi connectivity index (χ3v) is 5.79. The van der Waals surface area contributed by atoms with Crippen molar-refractivity contribution < 1.29 is 14.3 Å². The zero-order valence-electron chi connectivity index (χ0n) is 15.0. The van der Waals surface area contributed by atoms with Crippen LogP contribution in [0.5, 0.6) is 0 Å². The number of likely N-dealkylation sites (N-methyl/N-ethyl adjacent to an activating group) is 1. The first-order chi connectivity index (χ1) is 11.5. The van der Waals surface area contributed by atoms with Crippen LogP contribution in [0.25, 0.3) is 0 Å². The van der Waals surface area contributed by atoms with Crippen molar-refractivity contribution in [3.8, 4) is 0 Å². The van der Waals surface area contributed by atoms with Gasteiger partial charge in [-0.25, -0.2) is 0 Å². The molecule has 2 amide bonds. The molecular weight excluding hydrogens is 308 g/mol. The summed E-state index contributed by atoms with van der Waals surface area (Å²) in [6, 6.07) is 0.384. The smallest absolute Gasteiger partial charge is 0.234 e. The van der Waals surface area contributed by atoms with E-state index in [4.69, 9.17) is 4.74 Å². The summed E-state index contributed by atoms with van der Waals surface area (Å²) in [4.78, 5) is 28.3. The van der Waals surface area contributed by atoms with E-state index < -0.39 is 0 Å². The fourth-order valence-electron chi connectivity index (χ4n) is 4.33. The quantitative estimate of drug-likeness (QED) is 0.702. The molecule has 0 spiro atoms. The molecule has 0 aromatic carbocycles. The summed E-state index contributed by atoms with van der Waals surface area (Å²) < 4.78 is 5.68. The highest BCUT2D eigenvalue weighted by molar-refractivity contribution is 5.79. The number of hydrogen-bond acceptors (Lipinski definition) is 5. The number of fused-ring (bicyclic) bond motifs is 1. The predicted octanol–water partition coefficient (Wildman–Crippen LogP) is -0.579. The molecule has 1 saturated carbocycles. The number of rotatable bonds is 5. The van der Waals surface area contributed by atoms with Crippen LogP contribution in [0.3, 0.4) is 0 Å². The molecule has 0 bridgehead atoms. The van der Waals surface area contributed by atoms with Crippen molar-refractivity contribution in [1.82, 2.24) is 20.4 Å². The maximum absolute atomic E-state index is 12.5. The summed E-state index contributed by atoms with van der Waals surface area (Å²) in [5.74, 6) is 0.304. The van der Waals surface area contributed by atoms with Crippen LogP contribution in [-0.4, -0.2) is 86.2 Å². The normalized spacial score (nSPS) is 33.8. The van der Waals surface area contributed by atoms with Crippen LogP contribution in [0, 0.1) is 5.92 Å². The van der Waals surface area contributed by atoms with Gasteiger partial charge in [0.25, 0.3) is 0 Å². The second-order valence-electron chi connectivity index (χ2n) is 7.56. The highest BCUT2D eigenvalue weighted by Gasteiger charge is 2.54. The van der Waals surface area contributed by atoms with E-state index in [0.29, 0.717) is 25.1 Å². The number of likely N-dealkylation sites (tertiary alicyclic amines) is 1.